The molecule has 1 aliphatic heterocycles. The number of anilines is 3. The Morgan fingerprint density at radius 2 is 2.03 bits per heavy atom. The van der Waals surface area contributed by atoms with E-state index in [0.29, 0.717) is 5.02 Å². The molecule has 3 aromatic heterocycles. The summed E-state index contributed by atoms with van der Waals surface area (Å²) in [5.74, 6) is 1.72. The topological polar surface area (TPSA) is 66.4 Å². The summed E-state index contributed by atoms with van der Waals surface area (Å²) in [5, 5.41) is 7.42. The average molecular weight is 495 g/mol. The van der Waals surface area contributed by atoms with Crippen LogP contribution in [0.15, 0.2) is 54.0 Å². The van der Waals surface area contributed by atoms with Crippen molar-refractivity contribution in [1.29, 1.82) is 0 Å². The van der Waals surface area contributed by atoms with Gasteiger partial charge in [-0.2, -0.15) is 4.98 Å². The Labute approximate surface area is 208 Å². The third kappa shape index (κ3) is 5.41. The molecule has 0 unspecified atom stereocenters. The lowest BCUT2D eigenvalue weighted by atomic mass is 10.2. The maximum Gasteiger partial charge on any atom is 0.227 e. The fourth-order valence-corrected chi connectivity index (χ4v) is 4.96. The van der Waals surface area contributed by atoms with Gasteiger partial charge in [-0.25, -0.2) is 4.98 Å². The molecule has 0 bridgehead atoms. The number of benzene rings is 1. The Kier molecular flexibility index (Phi) is 7.08. The molecular weight excluding hydrogens is 468 g/mol. The zero-order chi connectivity index (χ0) is 23.3. The normalized spacial score (nSPS) is 13.9. The molecule has 4 heterocycles. The first-order valence-corrected chi connectivity index (χ1v) is 12.7. The second-order valence-electron chi connectivity index (χ2n) is 8.21. The largest absolute Gasteiger partial charge is 0.383 e. The highest BCUT2D eigenvalue weighted by molar-refractivity contribution is 7.09. The average Bonchev–Trinajstić information content (AvgIpc) is 3.37. The van der Waals surface area contributed by atoms with Gasteiger partial charge in [-0.1, -0.05) is 17.7 Å². The van der Waals surface area contributed by atoms with E-state index in [-0.39, 0.29) is 0 Å². The Balaban J connectivity index is 1.36. The number of fused-ring (bicyclic) bond motifs is 1. The molecule has 0 saturated carbocycles. The van der Waals surface area contributed by atoms with Crippen LogP contribution in [0.5, 0.6) is 0 Å². The zero-order valence-electron chi connectivity index (χ0n) is 19.1. The lowest BCUT2D eigenvalue weighted by Gasteiger charge is -2.29. The molecule has 9 heteroatoms. The van der Waals surface area contributed by atoms with Crippen LogP contribution in [0.3, 0.4) is 0 Å². The van der Waals surface area contributed by atoms with Gasteiger partial charge in [-0.3, -0.25) is 4.98 Å². The summed E-state index contributed by atoms with van der Waals surface area (Å²) in [5.41, 5.74) is 2.88. The van der Waals surface area contributed by atoms with Crippen molar-refractivity contribution in [2.24, 2.45) is 0 Å². The van der Waals surface area contributed by atoms with Crippen molar-refractivity contribution in [3.8, 4) is 0 Å². The summed E-state index contributed by atoms with van der Waals surface area (Å²) in [6.45, 7) is 7.43. The molecule has 4 aromatic rings. The summed E-state index contributed by atoms with van der Waals surface area (Å²) in [6, 6.07) is 14.1. The molecular formula is C25H27ClN6OS. The molecule has 0 amide bonds. The van der Waals surface area contributed by atoms with Crippen LogP contribution in [0, 0.1) is 6.92 Å². The highest BCUT2D eigenvalue weighted by Gasteiger charge is 2.18. The number of halogens is 1. The van der Waals surface area contributed by atoms with Gasteiger partial charge in [0, 0.05) is 65.1 Å². The lowest BCUT2D eigenvalue weighted by Crippen LogP contribution is -2.37. The van der Waals surface area contributed by atoms with Gasteiger partial charge in [0.25, 0.3) is 0 Å². The van der Waals surface area contributed by atoms with Crippen molar-refractivity contribution in [2.45, 2.75) is 13.5 Å². The van der Waals surface area contributed by atoms with Crippen molar-refractivity contribution in [2.75, 3.05) is 54.5 Å². The van der Waals surface area contributed by atoms with Crippen LogP contribution in [0.4, 0.5) is 17.5 Å². The van der Waals surface area contributed by atoms with Crippen molar-refractivity contribution in [3.63, 3.8) is 0 Å². The van der Waals surface area contributed by atoms with Gasteiger partial charge in [-0.15, -0.1) is 11.3 Å². The molecule has 7 nitrogen and oxygen atoms in total. The molecule has 1 N–H and O–H groups in total. The number of aryl methyl sites for hydroxylation is 1. The number of nitrogens with zero attached hydrogens (tertiary/aromatic N) is 5. The van der Waals surface area contributed by atoms with Crippen LogP contribution in [0.1, 0.15) is 10.6 Å². The summed E-state index contributed by atoms with van der Waals surface area (Å²) < 4.78 is 5.52. The molecule has 1 aliphatic rings. The van der Waals surface area contributed by atoms with Crippen molar-refractivity contribution >= 4 is 51.3 Å². The Morgan fingerprint density at radius 3 is 2.85 bits per heavy atom. The first-order valence-electron chi connectivity index (χ1n) is 11.4. The molecule has 0 spiro atoms. The number of morpholine rings is 1. The lowest BCUT2D eigenvalue weighted by molar-refractivity contribution is 0.122. The van der Waals surface area contributed by atoms with E-state index in [9.17, 15) is 0 Å². The van der Waals surface area contributed by atoms with Gasteiger partial charge in [0.05, 0.1) is 25.3 Å². The second kappa shape index (κ2) is 10.5. The van der Waals surface area contributed by atoms with E-state index in [1.54, 1.807) is 11.3 Å². The first kappa shape index (κ1) is 22.8. The fraction of sp³-hybridized carbons (Fsp3) is 0.320. The number of hydrogen-bond donors (Lipinski definition) is 1. The smallest absolute Gasteiger partial charge is 0.227 e. The SMILES string of the molecule is Cc1cc(N2CCOCC2)nc(N(CCNc2ccnc3cc(Cl)ccc23)Cc2cccs2)n1. The number of rotatable bonds is 8. The minimum atomic E-state index is 0.687. The molecule has 0 radical (unpaired) electrons. The van der Waals surface area contributed by atoms with Crippen molar-refractivity contribution in [3.05, 3.63) is 69.6 Å². The molecule has 0 atom stereocenters. The highest BCUT2D eigenvalue weighted by Crippen LogP contribution is 2.25. The maximum atomic E-state index is 6.14. The molecule has 1 saturated heterocycles. The number of thiophene rings is 1. The van der Waals surface area contributed by atoms with Crippen molar-refractivity contribution in [1.82, 2.24) is 15.0 Å². The predicted octanol–water partition coefficient (Wildman–Crippen LogP) is 5.00. The van der Waals surface area contributed by atoms with Crippen LogP contribution in [0.25, 0.3) is 10.9 Å². The second-order valence-corrected chi connectivity index (χ2v) is 9.68. The number of hydrogen-bond acceptors (Lipinski definition) is 8. The van der Waals surface area contributed by atoms with E-state index in [1.807, 2.05) is 37.4 Å². The van der Waals surface area contributed by atoms with Crippen LogP contribution >= 0.6 is 22.9 Å². The number of nitrogens with one attached hydrogen (secondary N) is 1. The van der Waals surface area contributed by atoms with E-state index in [0.717, 1.165) is 80.0 Å². The zero-order valence-corrected chi connectivity index (χ0v) is 20.6. The van der Waals surface area contributed by atoms with Crippen LogP contribution in [0.2, 0.25) is 5.02 Å². The fourth-order valence-electron chi connectivity index (χ4n) is 4.07. The Morgan fingerprint density at radius 1 is 1.15 bits per heavy atom. The van der Waals surface area contributed by atoms with Gasteiger partial charge in [0.1, 0.15) is 5.82 Å². The summed E-state index contributed by atoms with van der Waals surface area (Å²) in [6.07, 6.45) is 1.81. The van der Waals surface area contributed by atoms with Gasteiger partial charge < -0.3 is 19.9 Å². The summed E-state index contributed by atoms with van der Waals surface area (Å²) >= 11 is 7.89. The van der Waals surface area contributed by atoms with E-state index in [4.69, 9.17) is 26.3 Å². The van der Waals surface area contributed by atoms with E-state index < -0.39 is 0 Å². The predicted molar refractivity (Wildman–Crippen MR) is 140 cm³/mol. The quantitative estimate of drug-likeness (QED) is 0.369. The van der Waals surface area contributed by atoms with Gasteiger partial charge in [0.2, 0.25) is 5.95 Å². The first-order chi connectivity index (χ1) is 16.7. The van der Waals surface area contributed by atoms with E-state index in [2.05, 4.69) is 43.7 Å². The van der Waals surface area contributed by atoms with Crippen LogP contribution < -0.4 is 15.1 Å². The van der Waals surface area contributed by atoms with Crippen LogP contribution in [-0.4, -0.2) is 54.3 Å². The van der Waals surface area contributed by atoms with Gasteiger partial charge in [-0.05, 0) is 42.6 Å². The molecule has 176 valence electrons. The molecule has 5 rings (SSSR count). The minimum Gasteiger partial charge on any atom is -0.383 e. The number of aromatic nitrogens is 3. The third-order valence-corrected chi connectivity index (χ3v) is 6.87. The molecule has 1 aromatic carbocycles. The Hall–Kier alpha value is -2.94. The van der Waals surface area contributed by atoms with Crippen molar-refractivity contribution < 1.29 is 4.74 Å². The van der Waals surface area contributed by atoms with Gasteiger partial charge >= 0.3 is 0 Å². The summed E-state index contributed by atoms with van der Waals surface area (Å²) in [4.78, 5) is 20.0. The third-order valence-electron chi connectivity index (χ3n) is 5.78. The van der Waals surface area contributed by atoms with E-state index >= 15 is 0 Å². The van der Waals surface area contributed by atoms with E-state index in [1.165, 1.54) is 4.88 Å². The molecule has 0 aliphatic carbocycles. The number of ether oxygens (including phenoxy) is 1. The standard InChI is InChI=1S/C25H27ClN6OS/c1-18-15-24(31-10-12-33-13-11-31)30-25(29-18)32(17-20-3-2-14-34-20)9-8-28-22-6-7-27-23-16-19(26)4-5-21(22)23/h2-7,14-16H,8-13,17H2,1H3,(H,27,28). The molecule has 1 fully saturated rings. The maximum absolute atomic E-state index is 6.14. The summed E-state index contributed by atoms with van der Waals surface area (Å²) in [7, 11) is 0. The minimum absolute atomic E-state index is 0.687. The van der Waals surface area contributed by atoms with Crippen LogP contribution in [-0.2, 0) is 11.3 Å². The molecule has 34 heavy (non-hydrogen) atoms. The number of pyridine rings is 1. The monoisotopic (exact) mass is 494 g/mol. The highest BCUT2D eigenvalue weighted by atomic mass is 35.5. The Bertz CT molecular complexity index is 1250. The van der Waals surface area contributed by atoms with Gasteiger partial charge in [0.15, 0.2) is 0 Å².